The van der Waals surface area contributed by atoms with Gasteiger partial charge < -0.3 is 12.9 Å². The molecule has 1 saturated carbocycles. The lowest BCUT2D eigenvalue weighted by Gasteiger charge is -2.22. The molecule has 0 amide bonds. The van der Waals surface area contributed by atoms with Crippen molar-refractivity contribution in [2.75, 3.05) is 0 Å². The molecule has 1 aromatic rings. The van der Waals surface area contributed by atoms with Crippen molar-refractivity contribution >= 4 is 6.98 Å². The highest BCUT2D eigenvalue weighted by Gasteiger charge is 2.25. The average molecular weight is 231 g/mol. The Morgan fingerprint density at radius 1 is 1.25 bits per heavy atom. The van der Waals surface area contributed by atoms with Gasteiger partial charge in [-0.1, -0.05) is 19.3 Å². The van der Waals surface area contributed by atoms with Crippen LogP contribution in [0.4, 0.5) is 12.9 Å². The summed E-state index contributed by atoms with van der Waals surface area (Å²) in [5, 5.41) is 4.03. The van der Waals surface area contributed by atoms with Crippen LogP contribution in [0.2, 0.25) is 0 Å². The van der Waals surface area contributed by atoms with Crippen molar-refractivity contribution in [2.24, 2.45) is 0 Å². The van der Waals surface area contributed by atoms with Gasteiger partial charge in [-0.05, 0) is 25.2 Å². The number of rotatable bonds is 3. The fourth-order valence-electron chi connectivity index (χ4n) is 2.27. The van der Waals surface area contributed by atoms with Gasteiger partial charge in [0.15, 0.2) is 0 Å². The third-order valence-corrected chi connectivity index (χ3v) is 3.05. The molecule has 2 nitrogen and oxygen atoms in total. The predicted octanol–water partition coefficient (Wildman–Crippen LogP) is 3.32. The topological polar surface area (TPSA) is 17.8 Å². The van der Waals surface area contributed by atoms with Crippen molar-refractivity contribution in [2.45, 2.75) is 44.5 Å². The van der Waals surface area contributed by atoms with E-state index < -0.39 is 13.3 Å². The Labute approximate surface area is 92.9 Å². The van der Waals surface area contributed by atoms with E-state index in [1.165, 1.54) is 12.5 Å². The fourth-order valence-corrected chi connectivity index (χ4v) is 2.27. The van der Waals surface area contributed by atoms with Crippen molar-refractivity contribution in [1.29, 1.82) is 0 Å². The quantitative estimate of drug-likeness (QED) is 0.729. The zero-order valence-corrected chi connectivity index (χ0v) is 9.08. The van der Waals surface area contributed by atoms with Crippen LogP contribution < -0.4 is 0 Å². The Bertz CT molecular complexity index is 342. The standard InChI is InChI=1S/C10H15BF3N2/c12-11(13,14)8-9-6-7-16(15-9)10-4-2-1-3-5-10/h6-7,10H,1-5,8H2/q-1. The van der Waals surface area contributed by atoms with Gasteiger partial charge in [0.25, 0.3) is 0 Å². The molecule has 0 spiro atoms. The number of nitrogens with zero attached hydrogens (tertiary/aromatic N) is 2. The molecule has 0 radical (unpaired) electrons. The van der Waals surface area contributed by atoms with Crippen LogP contribution >= 0.6 is 0 Å². The second kappa shape index (κ2) is 4.51. The molecule has 0 saturated heterocycles. The van der Waals surface area contributed by atoms with Crippen LogP contribution in [0.3, 0.4) is 0 Å². The van der Waals surface area contributed by atoms with Crippen molar-refractivity contribution in [3.63, 3.8) is 0 Å². The van der Waals surface area contributed by atoms with Crippen molar-refractivity contribution in [1.82, 2.24) is 9.78 Å². The summed E-state index contributed by atoms with van der Waals surface area (Å²) in [7, 11) is 0. The van der Waals surface area contributed by atoms with Crippen molar-refractivity contribution < 1.29 is 12.9 Å². The SMILES string of the molecule is F[B-](F)(F)Cc1ccn(C2CCCCC2)n1. The molecule has 16 heavy (non-hydrogen) atoms. The van der Waals surface area contributed by atoms with E-state index in [-0.39, 0.29) is 5.69 Å². The lowest BCUT2D eigenvalue weighted by atomic mass is 9.84. The van der Waals surface area contributed by atoms with E-state index in [9.17, 15) is 12.9 Å². The maximum atomic E-state index is 12.2. The smallest absolute Gasteiger partial charge is 0.449 e. The molecule has 0 aliphatic heterocycles. The molecule has 6 heteroatoms. The van der Waals surface area contributed by atoms with Gasteiger partial charge in [0, 0.05) is 11.9 Å². The number of aromatic nitrogens is 2. The second-order valence-corrected chi connectivity index (χ2v) is 4.49. The van der Waals surface area contributed by atoms with Gasteiger partial charge in [0.1, 0.15) is 0 Å². The largest absolute Gasteiger partial charge is 0.484 e. The minimum atomic E-state index is -4.77. The maximum absolute atomic E-state index is 12.2. The minimum Gasteiger partial charge on any atom is -0.449 e. The van der Waals surface area contributed by atoms with Crippen LogP contribution in [-0.4, -0.2) is 16.8 Å². The monoisotopic (exact) mass is 231 g/mol. The van der Waals surface area contributed by atoms with Gasteiger partial charge in [-0.3, -0.25) is 4.68 Å². The number of hydrogen-bond acceptors (Lipinski definition) is 1. The summed E-state index contributed by atoms with van der Waals surface area (Å²) in [5.74, 6) is 0. The first kappa shape index (κ1) is 11.5. The Morgan fingerprint density at radius 2 is 1.94 bits per heavy atom. The molecule has 1 aliphatic carbocycles. The number of halogens is 3. The summed E-state index contributed by atoms with van der Waals surface area (Å²) in [6.07, 6.45) is 6.45. The van der Waals surface area contributed by atoms with Crippen LogP contribution in [0, 0.1) is 0 Å². The zero-order chi connectivity index (χ0) is 11.6. The third kappa shape index (κ3) is 3.03. The summed E-state index contributed by atoms with van der Waals surface area (Å²) in [4.78, 5) is 0. The summed E-state index contributed by atoms with van der Waals surface area (Å²) in [6.45, 7) is -4.77. The molecule has 0 aromatic carbocycles. The molecular formula is C10H15BF3N2-. The highest BCUT2D eigenvalue weighted by atomic mass is 19.4. The summed E-state index contributed by atoms with van der Waals surface area (Å²) >= 11 is 0. The molecule has 1 fully saturated rings. The molecule has 90 valence electrons. The van der Waals surface area contributed by atoms with E-state index in [0.717, 1.165) is 25.7 Å². The van der Waals surface area contributed by atoms with Crippen LogP contribution in [0.5, 0.6) is 0 Å². The molecule has 0 bridgehead atoms. The minimum absolute atomic E-state index is 0.151. The first-order valence-corrected chi connectivity index (χ1v) is 5.79. The van der Waals surface area contributed by atoms with E-state index in [1.807, 2.05) is 0 Å². The van der Waals surface area contributed by atoms with Gasteiger partial charge in [-0.15, -0.1) is 0 Å². The highest BCUT2D eigenvalue weighted by molar-refractivity contribution is 6.57. The Kier molecular flexibility index (Phi) is 3.26. The highest BCUT2D eigenvalue weighted by Crippen LogP contribution is 2.27. The Balaban J connectivity index is 2.01. The van der Waals surface area contributed by atoms with E-state index in [0.29, 0.717) is 6.04 Å². The Morgan fingerprint density at radius 3 is 2.56 bits per heavy atom. The van der Waals surface area contributed by atoms with Crippen molar-refractivity contribution in [3.05, 3.63) is 18.0 Å². The molecule has 1 aliphatic rings. The summed E-state index contributed by atoms with van der Waals surface area (Å²) in [6, 6.07) is 1.80. The lowest BCUT2D eigenvalue weighted by Crippen LogP contribution is -2.20. The zero-order valence-electron chi connectivity index (χ0n) is 9.08. The molecule has 2 rings (SSSR count). The third-order valence-electron chi connectivity index (χ3n) is 3.05. The van der Waals surface area contributed by atoms with Gasteiger partial charge >= 0.3 is 6.98 Å². The van der Waals surface area contributed by atoms with Crippen LogP contribution in [0.1, 0.15) is 43.8 Å². The molecule has 1 heterocycles. The van der Waals surface area contributed by atoms with E-state index >= 15 is 0 Å². The number of hydrogen-bond donors (Lipinski definition) is 0. The van der Waals surface area contributed by atoms with Crippen LogP contribution in [-0.2, 0) is 6.32 Å². The van der Waals surface area contributed by atoms with E-state index in [1.54, 1.807) is 10.9 Å². The first-order chi connectivity index (χ1) is 7.54. The first-order valence-electron chi connectivity index (χ1n) is 5.79. The van der Waals surface area contributed by atoms with E-state index in [4.69, 9.17) is 0 Å². The average Bonchev–Trinajstić information content (AvgIpc) is 2.65. The van der Waals surface area contributed by atoms with Gasteiger partial charge in [-0.2, -0.15) is 5.10 Å². The fraction of sp³-hybridized carbons (Fsp3) is 0.700. The molecular weight excluding hydrogens is 216 g/mol. The van der Waals surface area contributed by atoms with Crippen LogP contribution in [0.15, 0.2) is 12.3 Å². The van der Waals surface area contributed by atoms with Crippen LogP contribution in [0.25, 0.3) is 0 Å². The molecule has 0 atom stereocenters. The summed E-state index contributed by atoms with van der Waals surface area (Å²) < 4.78 is 38.3. The molecule has 1 aromatic heterocycles. The maximum Gasteiger partial charge on any atom is 0.484 e. The van der Waals surface area contributed by atoms with Gasteiger partial charge in [-0.25, -0.2) is 0 Å². The summed E-state index contributed by atoms with van der Waals surface area (Å²) in [5.41, 5.74) is 0.151. The lowest BCUT2D eigenvalue weighted by molar-refractivity contribution is 0.328. The van der Waals surface area contributed by atoms with Crippen molar-refractivity contribution in [3.8, 4) is 0 Å². The van der Waals surface area contributed by atoms with E-state index in [2.05, 4.69) is 5.10 Å². The molecule has 0 N–H and O–H groups in total. The Hall–Kier alpha value is -0.935. The molecule has 0 unspecified atom stereocenters. The van der Waals surface area contributed by atoms with Gasteiger partial charge in [0.05, 0.1) is 6.04 Å². The normalized spacial score (nSPS) is 18.9. The van der Waals surface area contributed by atoms with Gasteiger partial charge in [0.2, 0.25) is 0 Å². The second-order valence-electron chi connectivity index (χ2n) is 4.49. The predicted molar refractivity (Wildman–Crippen MR) is 57.1 cm³/mol.